The number of esters is 1. The summed E-state index contributed by atoms with van der Waals surface area (Å²) < 4.78 is 15.4. The van der Waals surface area contributed by atoms with Gasteiger partial charge in [-0.05, 0) is 30.7 Å². The number of carbonyl (C=O) groups excluding carboxylic acids is 1. The summed E-state index contributed by atoms with van der Waals surface area (Å²) in [5.74, 6) is 0.801. The first-order valence-electron chi connectivity index (χ1n) is 9.15. The van der Waals surface area contributed by atoms with Gasteiger partial charge in [-0.3, -0.25) is 9.59 Å². The van der Waals surface area contributed by atoms with Crippen molar-refractivity contribution in [2.75, 3.05) is 20.3 Å². The third-order valence-corrected chi connectivity index (χ3v) is 3.57. The molecule has 0 bridgehead atoms. The van der Waals surface area contributed by atoms with Gasteiger partial charge < -0.3 is 19.3 Å². The molecule has 0 radical (unpaired) electrons. The monoisotopic (exact) mass is 388 g/mol. The van der Waals surface area contributed by atoms with Gasteiger partial charge in [0.2, 0.25) is 0 Å². The molecule has 0 heterocycles. The Morgan fingerprint density at radius 3 is 1.96 bits per heavy atom. The predicted molar refractivity (Wildman–Crippen MR) is 107 cm³/mol. The van der Waals surface area contributed by atoms with Crippen LogP contribution in [-0.2, 0) is 14.3 Å². The van der Waals surface area contributed by atoms with Gasteiger partial charge in [-0.1, -0.05) is 43.3 Å². The zero-order valence-electron chi connectivity index (χ0n) is 16.4. The maximum atomic E-state index is 11.0. The lowest BCUT2D eigenvalue weighted by molar-refractivity contribution is -0.142. The van der Waals surface area contributed by atoms with Crippen molar-refractivity contribution in [3.05, 3.63) is 60.7 Å². The van der Waals surface area contributed by atoms with E-state index in [1.54, 1.807) is 0 Å². The molecule has 0 aromatic heterocycles. The Morgan fingerprint density at radius 1 is 0.929 bits per heavy atom. The number of benzene rings is 2. The average molecular weight is 388 g/mol. The second-order valence-electron chi connectivity index (χ2n) is 6.17. The second kappa shape index (κ2) is 14.1. The summed E-state index contributed by atoms with van der Waals surface area (Å²) in [6, 6.07) is 18.9. The van der Waals surface area contributed by atoms with Crippen molar-refractivity contribution in [3.8, 4) is 11.5 Å². The van der Waals surface area contributed by atoms with Crippen LogP contribution in [0.4, 0.5) is 0 Å². The van der Waals surface area contributed by atoms with Crippen molar-refractivity contribution in [1.82, 2.24) is 0 Å². The second-order valence-corrected chi connectivity index (χ2v) is 6.17. The van der Waals surface area contributed by atoms with Gasteiger partial charge in [0.05, 0.1) is 26.7 Å². The fraction of sp³-hybridized carbons (Fsp3) is 0.364. The van der Waals surface area contributed by atoms with Gasteiger partial charge in [0.15, 0.2) is 0 Å². The summed E-state index contributed by atoms with van der Waals surface area (Å²) in [6.07, 6.45) is 1.10. The molecule has 0 saturated carbocycles. The van der Waals surface area contributed by atoms with Crippen LogP contribution < -0.4 is 9.47 Å². The Kier molecular flexibility index (Phi) is 11.6. The van der Waals surface area contributed by atoms with Crippen LogP contribution in [-0.4, -0.2) is 37.4 Å². The number of carboxylic acid groups (broad SMARTS) is 1. The van der Waals surface area contributed by atoms with Crippen molar-refractivity contribution in [2.24, 2.45) is 5.92 Å². The summed E-state index contributed by atoms with van der Waals surface area (Å²) >= 11 is 0. The minimum atomic E-state index is -0.781. The number of aliphatic carboxylic acids is 1. The molecule has 152 valence electrons. The van der Waals surface area contributed by atoms with E-state index in [2.05, 4.69) is 4.74 Å². The number of hydrogen-bond donors (Lipinski definition) is 1. The third kappa shape index (κ3) is 11.6. The van der Waals surface area contributed by atoms with E-state index >= 15 is 0 Å². The molecule has 0 amide bonds. The lowest BCUT2D eigenvalue weighted by Gasteiger charge is -2.11. The number of ether oxygens (including phenoxy) is 3. The number of para-hydroxylation sites is 2. The molecular formula is C22H28O6. The molecule has 6 heteroatoms. The lowest BCUT2D eigenvalue weighted by Crippen LogP contribution is -2.14. The molecular weight excluding hydrogens is 360 g/mol. The maximum absolute atomic E-state index is 11.0. The van der Waals surface area contributed by atoms with Gasteiger partial charge in [0.25, 0.3) is 0 Å². The molecule has 0 fully saturated rings. The normalized spacial score (nSPS) is 10.8. The van der Waals surface area contributed by atoms with Crippen molar-refractivity contribution in [3.63, 3.8) is 0 Å². The van der Waals surface area contributed by atoms with E-state index in [0.29, 0.717) is 26.1 Å². The zero-order valence-corrected chi connectivity index (χ0v) is 16.4. The van der Waals surface area contributed by atoms with Crippen LogP contribution in [0.15, 0.2) is 60.7 Å². The lowest BCUT2D eigenvalue weighted by atomic mass is 10.1. The Labute approximate surface area is 166 Å². The highest BCUT2D eigenvalue weighted by atomic mass is 16.5. The Hall–Kier alpha value is -3.02. The predicted octanol–water partition coefficient (Wildman–Crippen LogP) is 4.19. The summed E-state index contributed by atoms with van der Waals surface area (Å²) in [7, 11) is 1.40. The van der Waals surface area contributed by atoms with Crippen molar-refractivity contribution >= 4 is 11.9 Å². The van der Waals surface area contributed by atoms with Crippen LogP contribution >= 0.6 is 0 Å². The van der Waals surface area contributed by atoms with E-state index < -0.39 is 5.97 Å². The molecule has 1 unspecified atom stereocenters. The quantitative estimate of drug-likeness (QED) is 0.485. The number of hydrogen-bond acceptors (Lipinski definition) is 5. The Bertz CT molecular complexity index is 672. The van der Waals surface area contributed by atoms with Crippen molar-refractivity contribution in [2.45, 2.75) is 26.2 Å². The average Bonchev–Trinajstić information content (AvgIpc) is 2.71. The SMILES string of the molecule is COC(=O)CC(C)COc1ccccc1.O=C(O)CCCOc1ccccc1. The van der Waals surface area contributed by atoms with E-state index in [0.717, 1.165) is 11.5 Å². The molecule has 1 atom stereocenters. The summed E-state index contributed by atoms with van der Waals surface area (Å²) in [5.41, 5.74) is 0. The van der Waals surface area contributed by atoms with Crippen LogP contribution in [0.25, 0.3) is 0 Å². The van der Waals surface area contributed by atoms with Crippen LogP contribution in [0.2, 0.25) is 0 Å². The molecule has 0 saturated heterocycles. The van der Waals surface area contributed by atoms with Gasteiger partial charge in [0, 0.05) is 12.3 Å². The van der Waals surface area contributed by atoms with E-state index in [1.165, 1.54) is 7.11 Å². The third-order valence-electron chi connectivity index (χ3n) is 3.57. The van der Waals surface area contributed by atoms with Gasteiger partial charge in [-0.2, -0.15) is 0 Å². The number of carboxylic acids is 1. The van der Waals surface area contributed by atoms with E-state index in [4.69, 9.17) is 14.6 Å². The summed E-state index contributed by atoms with van der Waals surface area (Å²) in [6.45, 7) is 2.94. The van der Waals surface area contributed by atoms with Gasteiger partial charge in [0.1, 0.15) is 11.5 Å². The Balaban J connectivity index is 0.000000283. The van der Waals surface area contributed by atoms with Gasteiger partial charge in [-0.25, -0.2) is 0 Å². The first-order valence-corrected chi connectivity index (χ1v) is 9.15. The molecule has 6 nitrogen and oxygen atoms in total. The molecule has 2 rings (SSSR count). The first-order chi connectivity index (χ1) is 13.5. The molecule has 1 N–H and O–H groups in total. The summed E-state index contributed by atoms with van der Waals surface area (Å²) in [5, 5.41) is 8.36. The molecule has 2 aromatic rings. The molecule has 0 aliphatic heterocycles. The first kappa shape index (κ1) is 23.0. The van der Waals surface area contributed by atoms with Crippen LogP contribution in [0.5, 0.6) is 11.5 Å². The molecule has 0 spiro atoms. The van der Waals surface area contributed by atoms with Crippen molar-refractivity contribution < 1.29 is 28.9 Å². The number of methoxy groups -OCH3 is 1. The fourth-order valence-corrected chi connectivity index (χ4v) is 2.11. The summed E-state index contributed by atoms with van der Waals surface area (Å²) in [4.78, 5) is 21.1. The number of carbonyl (C=O) groups is 2. The Morgan fingerprint density at radius 2 is 1.46 bits per heavy atom. The maximum Gasteiger partial charge on any atom is 0.305 e. The standard InChI is InChI=1S/C12H16O3.C10H12O3/c1-10(8-12(13)14-2)9-15-11-6-4-3-5-7-11;11-10(12)7-4-8-13-9-5-2-1-3-6-9/h3-7,10H,8-9H2,1-2H3;1-3,5-6H,4,7-8H2,(H,11,12). The van der Waals surface area contributed by atoms with Gasteiger partial charge >= 0.3 is 11.9 Å². The highest BCUT2D eigenvalue weighted by Gasteiger charge is 2.09. The van der Waals surface area contributed by atoms with Crippen molar-refractivity contribution in [1.29, 1.82) is 0 Å². The fourth-order valence-electron chi connectivity index (χ4n) is 2.11. The highest BCUT2D eigenvalue weighted by molar-refractivity contribution is 5.69. The van der Waals surface area contributed by atoms with E-state index in [-0.39, 0.29) is 18.3 Å². The van der Waals surface area contributed by atoms with Crippen LogP contribution in [0.1, 0.15) is 26.2 Å². The van der Waals surface area contributed by atoms with E-state index in [9.17, 15) is 9.59 Å². The molecule has 0 aliphatic carbocycles. The van der Waals surface area contributed by atoms with E-state index in [1.807, 2.05) is 67.6 Å². The smallest absolute Gasteiger partial charge is 0.305 e. The number of rotatable bonds is 10. The molecule has 0 aliphatic rings. The van der Waals surface area contributed by atoms with Crippen LogP contribution in [0, 0.1) is 5.92 Å². The molecule has 28 heavy (non-hydrogen) atoms. The van der Waals surface area contributed by atoms with Crippen LogP contribution in [0.3, 0.4) is 0 Å². The minimum Gasteiger partial charge on any atom is -0.494 e. The van der Waals surface area contributed by atoms with Gasteiger partial charge in [-0.15, -0.1) is 0 Å². The minimum absolute atomic E-state index is 0.160. The topological polar surface area (TPSA) is 82.1 Å². The molecule has 2 aromatic carbocycles. The zero-order chi connectivity index (χ0) is 20.6. The largest absolute Gasteiger partial charge is 0.494 e. The highest BCUT2D eigenvalue weighted by Crippen LogP contribution is 2.11.